The maximum absolute atomic E-state index is 10.7. The van der Waals surface area contributed by atoms with Crippen molar-refractivity contribution in [3.8, 4) is 5.75 Å². The maximum atomic E-state index is 10.7. The number of aromatic nitrogens is 1. The molecule has 0 spiro atoms. The zero-order chi connectivity index (χ0) is 11.9. The Labute approximate surface area is 132 Å². The van der Waals surface area contributed by atoms with Crippen molar-refractivity contribution < 1.29 is 18.9 Å². The van der Waals surface area contributed by atoms with Gasteiger partial charge in [0.25, 0.3) is 0 Å². The molecular weight excluding hydrogens is 343 g/mol. The summed E-state index contributed by atoms with van der Waals surface area (Å²) in [6.45, 7) is 0. The fraction of sp³-hybridized carbons (Fsp3) is 0. The molecule has 1 aromatic heterocycles. The van der Waals surface area contributed by atoms with Crippen LogP contribution in [0.3, 0.4) is 0 Å². The van der Waals surface area contributed by atoms with Crippen molar-refractivity contribution in [2.24, 2.45) is 0 Å². The zero-order valence-electron chi connectivity index (χ0n) is 8.65. The van der Waals surface area contributed by atoms with E-state index in [2.05, 4.69) is 25.4 Å². The fourth-order valence-corrected chi connectivity index (χ4v) is 2.32. The molecule has 1 heterocycles. The average Bonchev–Trinajstić information content (AvgIpc) is 2.53. The summed E-state index contributed by atoms with van der Waals surface area (Å²) in [5.41, 5.74) is 0.636. The normalized spacial score (nSPS) is 11.3. The van der Waals surface area contributed by atoms with Crippen molar-refractivity contribution in [1.29, 1.82) is 0 Å². The molecule has 1 aromatic carbocycles. The predicted molar refractivity (Wildman–Crippen MR) is 69.4 cm³/mol. The number of nitrogens with one attached hydrogen (secondary N) is 1. The van der Waals surface area contributed by atoms with E-state index in [0.717, 1.165) is 0 Å². The molecule has 0 bridgehead atoms. The van der Waals surface area contributed by atoms with Gasteiger partial charge >= 0.3 is 7.82 Å². The number of hydrogen-bond donors (Lipinski definition) is 3. The van der Waals surface area contributed by atoms with Gasteiger partial charge in [0.15, 0.2) is 5.75 Å². The van der Waals surface area contributed by atoms with Crippen LogP contribution in [0.25, 0.3) is 10.9 Å². The van der Waals surface area contributed by atoms with Crippen LogP contribution in [0.1, 0.15) is 0 Å². The van der Waals surface area contributed by atoms with Gasteiger partial charge in [0.2, 0.25) is 0 Å². The minimum Gasteiger partial charge on any atom is -0.402 e. The summed E-state index contributed by atoms with van der Waals surface area (Å²) in [4.78, 5) is 20.3. The van der Waals surface area contributed by atoms with Crippen molar-refractivity contribution >= 4 is 75.8 Å². The van der Waals surface area contributed by atoms with E-state index in [1.807, 2.05) is 0 Å². The summed E-state index contributed by atoms with van der Waals surface area (Å²) in [5, 5.41) is 0.765. The molecule has 0 fully saturated rings. The van der Waals surface area contributed by atoms with Crippen LogP contribution in [0, 0.1) is 0 Å². The second-order valence-corrected chi connectivity index (χ2v) is 5.41. The third-order valence-electron chi connectivity index (χ3n) is 1.92. The van der Waals surface area contributed by atoms with E-state index in [-0.39, 0.29) is 35.3 Å². The molecule has 2 aromatic rings. The van der Waals surface area contributed by atoms with Gasteiger partial charge < -0.3 is 9.51 Å². The number of phosphoric ester groups is 1. The quantitative estimate of drug-likeness (QED) is 0.575. The molecule has 0 aliphatic heterocycles. The Hall–Kier alpha value is 0.480. The molecule has 0 aliphatic rings. The Balaban J connectivity index is 0.00000144. The molecule has 5 nitrogen and oxygen atoms in total. The molecule has 3 N–H and O–H groups in total. The third-order valence-corrected chi connectivity index (χ3v) is 3.63. The molecule has 0 atom stereocenters. The Bertz CT molecular complexity index is 598. The second kappa shape index (κ2) is 5.63. The van der Waals surface area contributed by atoms with E-state index in [9.17, 15) is 4.57 Å². The van der Waals surface area contributed by atoms with Crippen LogP contribution in [-0.2, 0) is 4.57 Å². The topological polar surface area (TPSA) is 82.6 Å². The number of rotatable bonds is 2. The Morgan fingerprint density at radius 2 is 2.06 bits per heavy atom. The van der Waals surface area contributed by atoms with E-state index in [1.54, 1.807) is 12.1 Å². The van der Waals surface area contributed by atoms with Crippen LogP contribution in [0.15, 0.2) is 22.8 Å². The molecule has 0 aliphatic carbocycles. The SMILES string of the molecule is O=P(O)(O)Oc1c[nH]c2ccc(Br)c(Cl)c12.[Na]. The third kappa shape index (κ3) is 3.49. The largest absolute Gasteiger partial charge is 0.524 e. The number of fused-ring (bicyclic) bond motifs is 1. The van der Waals surface area contributed by atoms with E-state index >= 15 is 0 Å². The summed E-state index contributed by atoms with van der Waals surface area (Å²) in [5.74, 6) is 0.0228. The van der Waals surface area contributed by atoms with Crippen LogP contribution in [-0.4, -0.2) is 44.3 Å². The smallest absolute Gasteiger partial charge is 0.402 e. The van der Waals surface area contributed by atoms with Crippen molar-refractivity contribution in [2.45, 2.75) is 0 Å². The van der Waals surface area contributed by atoms with E-state index in [0.29, 0.717) is 20.4 Å². The van der Waals surface area contributed by atoms with Gasteiger partial charge in [-0.2, -0.15) is 0 Å². The van der Waals surface area contributed by atoms with Crippen LogP contribution in [0.5, 0.6) is 5.75 Å². The van der Waals surface area contributed by atoms with Gasteiger partial charge in [-0.1, -0.05) is 11.6 Å². The molecule has 1 radical (unpaired) electrons. The van der Waals surface area contributed by atoms with Gasteiger partial charge in [-0.3, -0.25) is 9.79 Å². The second-order valence-electron chi connectivity index (χ2n) is 3.02. The van der Waals surface area contributed by atoms with Crippen LogP contribution < -0.4 is 4.52 Å². The number of aromatic amines is 1. The summed E-state index contributed by atoms with van der Waals surface area (Å²) < 4.78 is 15.9. The predicted octanol–water partition coefficient (Wildman–Crippen LogP) is 2.67. The fourth-order valence-electron chi connectivity index (χ4n) is 1.33. The van der Waals surface area contributed by atoms with Gasteiger partial charge in [0.1, 0.15) is 0 Å². The summed E-state index contributed by atoms with van der Waals surface area (Å²) in [7, 11) is -4.59. The van der Waals surface area contributed by atoms with Gasteiger partial charge in [0.05, 0.1) is 15.9 Å². The molecule has 9 heteroatoms. The van der Waals surface area contributed by atoms with Crippen molar-refractivity contribution in [3.63, 3.8) is 0 Å². The van der Waals surface area contributed by atoms with E-state index < -0.39 is 7.82 Å². The van der Waals surface area contributed by atoms with Crippen molar-refractivity contribution in [3.05, 3.63) is 27.8 Å². The first-order chi connectivity index (χ1) is 7.38. The number of benzene rings is 1. The number of hydrogen-bond acceptors (Lipinski definition) is 2. The summed E-state index contributed by atoms with van der Waals surface area (Å²) >= 11 is 9.22. The monoisotopic (exact) mass is 348 g/mol. The molecule has 87 valence electrons. The molecule has 0 saturated carbocycles. The van der Waals surface area contributed by atoms with Crippen molar-refractivity contribution in [1.82, 2.24) is 4.98 Å². The van der Waals surface area contributed by atoms with Gasteiger partial charge in [-0.05, 0) is 28.1 Å². The molecule has 2 rings (SSSR count). The Morgan fingerprint density at radius 3 is 2.65 bits per heavy atom. The van der Waals surface area contributed by atoms with E-state index in [1.165, 1.54) is 6.20 Å². The summed E-state index contributed by atoms with van der Waals surface area (Å²) in [6.07, 6.45) is 1.35. The minimum atomic E-state index is -4.59. The Kier molecular flexibility index (Phi) is 5.15. The summed E-state index contributed by atoms with van der Waals surface area (Å²) in [6, 6.07) is 3.44. The van der Waals surface area contributed by atoms with Crippen LogP contribution in [0.4, 0.5) is 0 Å². The van der Waals surface area contributed by atoms with Gasteiger partial charge in [0, 0.05) is 40.2 Å². The molecular formula is C8H6BrClNNaO4P. The minimum absolute atomic E-state index is 0. The zero-order valence-corrected chi connectivity index (χ0v) is 13.9. The molecule has 0 saturated heterocycles. The molecule has 0 amide bonds. The average molecular weight is 349 g/mol. The van der Waals surface area contributed by atoms with Crippen LogP contribution in [0.2, 0.25) is 5.02 Å². The first-order valence-corrected chi connectivity index (χ1v) is 6.79. The molecule has 17 heavy (non-hydrogen) atoms. The van der Waals surface area contributed by atoms with Gasteiger partial charge in [-0.25, -0.2) is 4.57 Å². The van der Waals surface area contributed by atoms with Crippen molar-refractivity contribution in [2.75, 3.05) is 0 Å². The number of halogens is 2. The number of phosphoric acid groups is 1. The number of H-pyrrole nitrogens is 1. The van der Waals surface area contributed by atoms with Crippen LogP contribution >= 0.6 is 35.4 Å². The standard InChI is InChI=1S/C8H6BrClNO4P.Na/c9-4-1-2-5-7(8(4)10)6(3-11-5)15-16(12,13)14;/h1-3,11H,(H2,12,13,14);. The maximum Gasteiger partial charge on any atom is 0.524 e. The Morgan fingerprint density at radius 1 is 1.41 bits per heavy atom. The van der Waals surface area contributed by atoms with Gasteiger partial charge in [-0.15, -0.1) is 0 Å². The molecule has 0 unspecified atom stereocenters. The van der Waals surface area contributed by atoms with E-state index in [4.69, 9.17) is 21.4 Å². The first kappa shape index (κ1) is 15.5. The first-order valence-electron chi connectivity index (χ1n) is 4.09.